The molecule has 0 saturated carbocycles. The summed E-state index contributed by atoms with van der Waals surface area (Å²) in [5.74, 6) is 0.857. The van der Waals surface area contributed by atoms with Crippen molar-refractivity contribution < 1.29 is 4.74 Å². The quantitative estimate of drug-likeness (QED) is 0.449. The lowest BCUT2D eigenvalue weighted by Gasteiger charge is -2.11. The van der Waals surface area contributed by atoms with Gasteiger partial charge in [-0.05, 0) is 86.6 Å². The molecule has 1 N–H and O–H groups in total. The van der Waals surface area contributed by atoms with Gasteiger partial charge < -0.3 is 15.0 Å². The predicted octanol–water partition coefficient (Wildman–Crippen LogP) is 4.86. The summed E-state index contributed by atoms with van der Waals surface area (Å²) in [5.41, 5.74) is 8.05. The maximum absolute atomic E-state index is 8.14. The van der Waals surface area contributed by atoms with Crippen molar-refractivity contribution in [2.45, 2.75) is 12.8 Å². The summed E-state index contributed by atoms with van der Waals surface area (Å²) in [6.45, 7) is 1.53. The molecule has 2 aromatic heterocycles. The number of nitrogens with one attached hydrogen (secondary N) is 1. The Balaban J connectivity index is 1.50. The molecule has 2 heterocycles. The lowest BCUT2D eigenvalue weighted by molar-refractivity contribution is 0.261. The Kier molecular flexibility index (Phi) is 5.75. The highest BCUT2D eigenvalue weighted by atomic mass is 16.5. The van der Waals surface area contributed by atoms with E-state index in [0.29, 0.717) is 6.61 Å². The minimum absolute atomic E-state index is 0.656. The molecule has 1 aliphatic rings. The van der Waals surface area contributed by atoms with Gasteiger partial charge in [0, 0.05) is 35.8 Å². The van der Waals surface area contributed by atoms with Gasteiger partial charge >= 0.3 is 0 Å². The van der Waals surface area contributed by atoms with Gasteiger partial charge in [-0.15, -0.1) is 0 Å². The van der Waals surface area contributed by atoms with Gasteiger partial charge in [-0.2, -0.15) is 5.10 Å². The van der Waals surface area contributed by atoms with Gasteiger partial charge in [0.05, 0.1) is 17.1 Å². The predicted molar refractivity (Wildman–Crippen MR) is 131 cm³/mol. The van der Waals surface area contributed by atoms with Crippen molar-refractivity contribution in [1.82, 2.24) is 19.7 Å². The van der Waals surface area contributed by atoms with Crippen LogP contribution in [0.4, 0.5) is 0 Å². The summed E-state index contributed by atoms with van der Waals surface area (Å²) in [5, 5.41) is 13.1. The molecule has 6 heteroatoms. The lowest BCUT2D eigenvalue weighted by Crippen LogP contribution is -2.19. The average Bonchev–Trinajstić information content (AvgIpc) is 3.44. The first-order valence-corrected chi connectivity index (χ1v) is 11.2. The second-order valence-corrected chi connectivity index (χ2v) is 8.56. The Labute approximate surface area is 194 Å². The van der Waals surface area contributed by atoms with Crippen molar-refractivity contribution in [2.24, 2.45) is 0 Å². The molecular weight excluding hydrogens is 410 g/mol. The van der Waals surface area contributed by atoms with Crippen molar-refractivity contribution in [2.75, 3.05) is 27.2 Å². The lowest BCUT2D eigenvalue weighted by atomic mass is 10.0. The van der Waals surface area contributed by atoms with E-state index in [4.69, 9.17) is 15.2 Å². The van der Waals surface area contributed by atoms with E-state index < -0.39 is 0 Å². The number of benzene rings is 2. The smallest absolute Gasteiger partial charge is 0.119 e. The Morgan fingerprint density at radius 3 is 2.45 bits per heavy atom. The Morgan fingerprint density at radius 1 is 0.939 bits per heavy atom. The van der Waals surface area contributed by atoms with Gasteiger partial charge in [0.2, 0.25) is 0 Å². The van der Waals surface area contributed by atoms with Gasteiger partial charge in [0.15, 0.2) is 0 Å². The first-order chi connectivity index (χ1) is 16.1. The third kappa shape index (κ3) is 4.43. The van der Waals surface area contributed by atoms with Crippen LogP contribution in [0.5, 0.6) is 5.75 Å². The number of hydrogen-bond acceptors (Lipinski definition) is 5. The maximum atomic E-state index is 8.14. The van der Waals surface area contributed by atoms with Crippen LogP contribution in [0, 0.1) is 5.41 Å². The van der Waals surface area contributed by atoms with Gasteiger partial charge in [0.25, 0.3) is 0 Å². The topological polar surface area (TPSA) is 67.0 Å². The van der Waals surface area contributed by atoms with Crippen LogP contribution < -0.4 is 4.74 Å². The van der Waals surface area contributed by atoms with E-state index in [2.05, 4.69) is 46.3 Å². The first-order valence-electron chi connectivity index (χ1n) is 11.2. The molecule has 0 unspecified atom stereocenters. The molecule has 1 aliphatic carbocycles. The molecule has 0 amide bonds. The highest BCUT2D eigenvalue weighted by Crippen LogP contribution is 2.32. The molecule has 0 fully saturated rings. The van der Waals surface area contributed by atoms with E-state index in [9.17, 15) is 0 Å². The highest BCUT2D eigenvalue weighted by Gasteiger charge is 2.19. The average molecular weight is 438 g/mol. The van der Waals surface area contributed by atoms with E-state index in [-0.39, 0.29) is 0 Å². The molecule has 33 heavy (non-hydrogen) atoms. The third-order valence-corrected chi connectivity index (χ3v) is 5.94. The van der Waals surface area contributed by atoms with E-state index >= 15 is 0 Å². The van der Waals surface area contributed by atoms with Crippen LogP contribution in [0.3, 0.4) is 0 Å². The summed E-state index contributed by atoms with van der Waals surface area (Å²) in [6, 6.07) is 20.5. The normalized spacial score (nSPS) is 12.9. The molecule has 0 spiro atoms. The van der Waals surface area contributed by atoms with Crippen LogP contribution in [0.15, 0.2) is 73.1 Å². The molecule has 166 valence electrons. The van der Waals surface area contributed by atoms with Crippen molar-refractivity contribution in [3.63, 3.8) is 0 Å². The van der Waals surface area contributed by atoms with Gasteiger partial charge in [0.1, 0.15) is 12.4 Å². The number of nitrogens with zero attached hydrogens (tertiary/aromatic N) is 4. The molecule has 0 atom stereocenters. The van der Waals surface area contributed by atoms with E-state index in [1.54, 1.807) is 12.4 Å². The molecule has 0 bridgehead atoms. The van der Waals surface area contributed by atoms with Crippen molar-refractivity contribution in [3.05, 3.63) is 84.2 Å². The summed E-state index contributed by atoms with van der Waals surface area (Å²) >= 11 is 0. The molecule has 4 aromatic rings. The Morgan fingerprint density at radius 2 is 1.70 bits per heavy atom. The van der Waals surface area contributed by atoms with Crippen molar-refractivity contribution in [3.8, 4) is 34.0 Å². The molecule has 0 saturated heterocycles. The number of likely N-dealkylation sites (N-methyl/N-ethyl adjacent to an activating group) is 1. The zero-order valence-electron chi connectivity index (χ0n) is 19.0. The minimum atomic E-state index is 0.656. The van der Waals surface area contributed by atoms with Crippen LogP contribution in [-0.4, -0.2) is 52.6 Å². The zero-order chi connectivity index (χ0) is 22.8. The second-order valence-electron chi connectivity index (χ2n) is 8.56. The van der Waals surface area contributed by atoms with E-state index in [1.807, 2.05) is 43.0 Å². The SMILES string of the molecule is CN(C)CCOc1ccc(-c2cc(-c3ccc4c(c3)CCC4=N)n(-c3ccncc3)n2)cc1. The number of rotatable bonds is 7. The standard InChI is InChI=1S/C27H27N5O/c1-31(2)15-16-33-23-7-3-19(4-8-23)26-18-27(32(30-26)22-11-13-29-14-12-22)21-5-9-24-20(17-21)6-10-25(24)28/h3-5,7-9,11-14,17-18,28H,6,10,15-16H2,1-2H3. The monoisotopic (exact) mass is 437 g/mol. The van der Waals surface area contributed by atoms with Crippen LogP contribution in [-0.2, 0) is 6.42 Å². The van der Waals surface area contributed by atoms with Gasteiger partial charge in [-0.3, -0.25) is 4.98 Å². The largest absolute Gasteiger partial charge is 0.492 e. The van der Waals surface area contributed by atoms with Gasteiger partial charge in [-0.1, -0.05) is 12.1 Å². The summed E-state index contributed by atoms with van der Waals surface area (Å²) in [7, 11) is 4.07. The van der Waals surface area contributed by atoms with E-state index in [1.165, 1.54) is 5.56 Å². The summed E-state index contributed by atoms with van der Waals surface area (Å²) in [4.78, 5) is 6.26. The fourth-order valence-electron chi connectivity index (χ4n) is 4.13. The fourth-order valence-corrected chi connectivity index (χ4v) is 4.13. The number of aryl methyl sites for hydroxylation is 1. The third-order valence-electron chi connectivity index (χ3n) is 5.94. The fraction of sp³-hybridized carbons (Fsp3) is 0.222. The second kappa shape index (κ2) is 9.00. The molecule has 0 radical (unpaired) electrons. The Hall–Kier alpha value is -3.77. The van der Waals surface area contributed by atoms with Crippen LogP contribution in [0.1, 0.15) is 17.5 Å². The van der Waals surface area contributed by atoms with Crippen LogP contribution in [0.25, 0.3) is 28.2 Å². The molecule has 2 aromatic carbocycles. The number of ether oxygens (including phenoxy) is 1. The minimum Gasteiger partial charge on any atom is -0.492 e. The maximum Gasteiger partial charge on any atom is 0.119 e. The van der Waals surface area contributed by atoms with Crippen molar-refractivity contribution >= 4 is 5.71 Å². The molecular formula is C27H27N5O. The van der Waals surface area contributed by atoms with E-state index in [0.717, 1.165) is 64.6 Å². The van der Waals surface area contributed by atoms with Crippen molar-refractivity contribution in [1.29, 1.82) is 5.41 Å². The van der Waals surface area contributed by atoms with Crippen LogP contribution in [0.2, 0.25) is 0 Å². The summed E-state index contributed by atoms with van der Waals surface area (Å²) in [6.07, 6.45) is 5.30. The zero-order valence-corrected chi connectivity index (χ0v) is 19.0. The van der Waals surface area contributed by atoms with Gasteiger partial charge in [-0.25, -0.2) is 4.68 Å². The Bertz CT molecular complexity index is 1280. The molecule has 0 aliphatic heterocycles. The number of fused-ring (bicyclic) bond motifs is 1. The molecule has 6 nitrogen and oxygen atoms in total. The molecule has 5 rings (SSSR count). The summed E-state index contributed by atoms with van der Waals surface area (Å²) < 4.78 is 7.81. The number of hydrogen-bond donors (Lipinski definition) is 1. The number of pyridine rings is 1. The number of aromatic nitrogens is 3. The van der Waals surface area contributed by atoms with Crippen LogP contribution >= 0.6 is 0 Å². The first kappa shape index (κ1) is 21.1. The highest BCUT2D eigenvalue weighted by molar-refractivity contribution is 6.02.